The van der Waals surface area contributed by atoms with Crippen LogP contribution in [-0.2, 0) is 10.3 Å². The van der Waals surface area contributed by atoms with Gasteiger partial charge < -0.3 is 5.11 Å². The van der Waals surface area contributed by atoms with Crippen LogP contribution in [-0.4, -0.2) is 18.1 Å². The Morgan fingerprint density at radius 3 is 2.00 bits per heavy atom. The lowest BCUT2D eigenvalue weighted by Gasteiger charge is -2.05. The molecule has 0 heterocycles. The van der Waals surface area contributed by atoms with E-state index in [4.69, 9.17) is 32.9 Å². The second-order valence-corrected chi connectivity index (χ2v) is 4.33. The molecule has 8 heteroatoms. The van der Waals surface area contributed by atoms with Crippen molar-refractivity contribution in [2.24, 2.45) is 0 Å². The number of hydrogen-bond acceptors (Lipinski definition) is 3. The fourth-order valence-corrected chi connectivity index (χ4v) is 1.68. The van der Waals surface area contributed by atoms with E-state index in [9.17, 15) is 8.42 Å². The minimum atomic E-state index is -4.37. The van der Waals surface area contributed by atoms with E-state index in [0.717, 1.165) is 12.1 Å². The zero-order valence-electron chi connectivity index (χ0n) is 6.53. The van der Waals surface area contributed by atoms with Gasteiger partial charge >= 0.3 is 10.3 Å². The zero-order valence-corrected chi connectivity index (χ0v) is 8.86. The summed E-state index contributed by atoms with van der Waals surface area (Å²) in [7, 11) is -4.37. The molecule has 0 aliphatic rings. The third kappa shape index (κ3) is 2.91. The van der Waals surface area contributed by atoms with Crippen LogP contribution in [0.1, 0.15) is 0 Å². The first-order chi connectivity index (χ1) is 6.29. The Bertz CT molecular complexity index is 436. The van der Waals surface area contributed by atoms with Crippen LogP contribution in [0.4, 0.5) is 5.69 Å². The third-order valence-electron chi connectivity index (χ3n) is 1.26. The maximum atomic E-state index is 10.4. The lowest BCUT2D eigenvalue weighted by atomic mass is 10.3. The molecule has 78 valence electrons. The van der Waals surface area contributed by atoms with Gasteiger partial charge in [-0.2, -0.15) is 8.42 Å². The van der Waals surface area contributed by atoms with Crippen LogP contribution < -0.4 is 4.72 Å². The number of phenolic OH excluding ortho intramolecular Hbond substituents is 1. The van der Waals surface area contributed by atoms with Gasteiger partial charge in [-0.25, -0.2) is 0 Å². The van der Waals surface area contributed by atoms with E-state index in [-0.39, 0.29) is 21.5 Å². The van der Waals surface area contributed by atoms with E-state index in [1.807, 2.05) is 0 Å². The fourth-order valence-electron chi connectivity index (χ4n) is 0.773. The van der Waals surface area contributed by atoms with Crippen molar-refractivity contribution in [3.8, 4) is 5.75 Å². The largest absolute Gasteiger partial charge is 0.505 e. The monoisotopic (exact) mass is 257 g/mol. The van der Waals surface area contributed by atoms with Crippen molar-refractivity contribution in [2.45, 2.75) is 0 Å². The van der Waals surface area contributed by atoms with E-state index in [2.05, 4.69) is 0 Å². The van der Waals surface area contributed by atoms with E-state index in [1.54, 1.807) is 4.72 Å². The maximum Gasteiger partial charge on any atom is 0.357 e. The summed E-state index contributed by atoms with van der Waals surface area (Å²) in [6.45, 7) is 0. The van der Waals surface area contributed by atoms with Crippen LogP contribution in [0.15, 0.2) is 12.1 Å². The molecule has 0 fully saturated rings. The van der Waals surface area contributed by atoms with Crippen LogP contribution in [0.3, 0.4) is 0 Å². The topological polar surface area (TPSA) is 86.6 Å². The highest BCUT2D eigenvalue weighted by atomic mass is 35.5. The van der Waals surface area contributed by atoms with Crippen molar-refractivity contribution in [2.75, 3.05) is 4.72 Å². The molecule has 0 saturated heterocycles. The summed E-state index contributed by atoms with van der Waals surface area (Å²) in [5, 5.41) is 8.88. The molecule has 0 unspecified atom stereocenters. The second-order valence-electron chi connectivity index (χ2n) is 2.37. The molecule has 1 rings (SSSR count). The van der Waals surface area contributed by atoms with Gasteiger partial charge in [-0.3, -0.25) is 9.27 Å². The fraction of sp³-hybridized carbons (Fsp3) is 0. The number of rotatable bonds is 2. The summed E-state index contributed by atoms with van der Waals surface area (Å²) in [6, 6.07) is 2.22. The second kappa shape index (κ2) is 3.82. The lowest BCUT2D eigenvalue weighted by Crippen LogP contribution is -2.10. The summed E-state index contributed by atoms with van der Waals surface area (Å²) in [6.07, 6.45) is 0. The Morgan fingerprint density at radius 1 is 1.21 bits per heavy atom. The van der Waals surface area contributed by atoms with E-state index in [0.29, 0.717) is 0 Å². The molecule has 0 aliphatic carbocycles. The number of anilines is 1. The van der Waals surface area contributed by atoms with Crippen molar-refractivity contribution in [3.63, 3.8) is 0 Å². The predicted octanol–water partition coefficient (Wildman–Crippen LogP) is 1.91. The number of phenols is 1. The summed E-state index contributed by atoms with van der Waals surface area (Å²) < 4.78 is 31.0. The first kappa shape index (κ1) is 11.4. The minimum absolute atomic E-state index is 0.0414. The highest BCUT2D eigenvalue weighted by molar-refractivity contribution is 7.87. The number of benzene rings is 1. The number of hydrogen-bond donors (Lipinski definition) is 3. The van der Waals surface area contributed by atoms with Gasteiger partial charge in [-0.15, -0.1) is 0 Å². The highest BCUT2D eigenvalue weighted by Crippen LogP contribution is 2.34. The third-order valence-corrected chi connectivity index (χ3v) is 2.33. The van der Waals surface area contributed by atoms with Crippen LogP contribution >= 0.6 is 23.2 Å². The van der Waals surface area contributed by atoms with E-state index < -0.39 is 10.3 Å². The molecule has 3 N–H and O–H groups in total. The van der Waals surface area contributed by atoms with Crippen molar-refractivity contribution < 1.29 is 18.1 Å². The van der Waals surface area contributed by atoms with Gasteiger partial charge in [0.25, 0.3) is 0 Å². The lowest BCUT2D eigenvalue weighted by molar-refractivity contribution is 0.475. The standard InChI is InChI=1S/C6H5Cl2NO4S/c7-4-1-3(9-14(11,12)13)2-5(8)6(4)10/h1-2,9-10H,(H,11,12,13). The van der Waals surface area contributed by atoms with Gasteiger partial charge in [0.2, 0.25) is 0 Å². The SMILES string of the molecule is O=S(=O)(O)Nc1cc(Cl)c(O)c(Cl)c1. The summed E-state index contributed by atoms with van der Waals surface area (Å²) in [5.41, 5.74) is -0.0414. The Balaban J connectivity index is 3.14. The van der Waals surface area contributed by atoms with Crippen molar-refractivity contribution in [1.29, 1.82) is 0 Å². The first-order valence-corrected chi connectivity index (χ1v) is 5.42. The summed E-state index contributed by atoms with van der Waals surface area (Å²) in [4.78, 5) is 0. The Hall–Kier alpha value is -0.690. The van der Waals surface area contributed by atoms with Crippen molar-refractivity contribution in [1.82, 2.24) is 0 Å². The van der Waals surface area contributed by atoms with Gasteiger partial charge in [-0.1, -0.05) is 23.2 Å². The van der Waals surface area contributed by atoms with Gasteiger partial charge in [0.1, 0.15) is 0 Å². The number of nitrogens with one attached hydrogen (secondary N) is 1. The Morgan fingerprint density at radius 2 is 1.64 bits per heavy atom. The van der Waals surface area contributed by atoms with Gasteiger partial charge in [0, 0.05) is 0 Å². The number of aromatic hydroxyl groups is 1. The van der Waals surface area contributed by atoms with Crippen LogP contribution in [0.5, 0.6) is 5.75 Å². The minimum Gasteiger partial charge on any atom is -0.505 e. The predicted molar refractivity (Wildman–Crippen MR) is 53.3 cm³/mol. The maximum absolute atomic E-state index is 10.4. The molecule has 0 radical (unpaired) electrons. The summed E-state index contributed by atoms with van der Waals surface area (Å²) in [5.74, 6) is -0.353. The molecule has 0 aromatic heterocycles. The molecule has 0 bridgehead atoms. The van der Waals surface area contributed by atoms with Gasteiger partial charge in [-0.05, 0) is 12.1 Å². The number of halogens is 2. The van der Waals surface area contributed by atoms with Gasteiger partial charge in [0.15, 0.2) is 5.75 Å². The van der Waals surface area contributed by atoms with Crippen molar-refractivity contribution >= 4 is 39.2 Å². The molecule has 14 heavy (non-hydrogen) atoms. The Kier molecular flexibility index (Phi) is 3.10. The molecule has 1 aromatic rings. The Labute approximate surface area is 90.1 Å². The van der Waals surface area contributed by atoms with E-state index >= 15 is 0 Å². The first-order valence-electron chi connectivity index (χ1n) is 3.23. The van der Waals surface area contributed by atoms with Gasteiger partial charge in [0.05, 0.1) is 15.7 Å². The van der Waals surface area contributed by atoms with Crippen LogP contribution in [0.2, 0.25) is 10.0 Å². The smallest absolute Gasteiger partial charge is 0.357 e. The molecule has 0 atom stereocenters. The highest BCUT2D eigenvalue weighted by Gasteiger charge is 2.10. The van der Waals surface area contributed by atoms with E-state index in [1.165, 1.54) is 0 Å². The van der Waals surface area contributed by atoms with Crippen molar-refractivity contribution in [3.05, 3.63) is 22.2 Å². The summed E-state index contributed by atoms with van der Waals surface area (Å²) >= 11 is 11.0. The molecular formula is C6H5Cl2NO4S. The normalized spacial score (nSPS) is 11.4. The molecule has 5 nitrogen and oxygen atoms in total. The molecule has 1 aromatic carbocycles. The molecule has 0 saturated carbocycles. The molecule has 0 spiro atoms. The average Bonchev–Trinajstić information content (AvgIpc) is 1.96. The molecular weight excluding hydrogens is 253 g/mol. The van der Waals surface area contributed by atoms with Crippen LogP contribution in [0.25, 0.3) is 0 Å². The molecule has 0 amide bonds. The quantitative estimate of drug-likeness (QED) is 0.558. The van der Waals surface area contributed by atoms with Crippen LogP contribution in [0, 0.1) is 0 Å². The molecule has 0 aliphatic heterocycles. The zero-order chi connectivity index (χ0) is 10.9. The average molecular weight is 258 g/mol.